The highest BCUT2D eigenvalue weighted by molar-refractivity contribution is 5.72. The van der Waals surface area contributed by atoms with Gasteiger partial charge in [-0.2, -0.15) is 0 Å². The summed E-state index contributed by atoms with van der Waals surface area (Å²) in [6, 6.07) is 0. The van der Waals surface area contributed by atoms with E-state index in [1.54, 1.807) is 0 Å². The molecule has 2 N–H and O–H groups in total. The molecule has 0 heterocycles. The predicted molar refractivity (Wildman–Crippen MR) is 54.3 cm³/mol. The molecule has 0 atom stereocenters. The Balaban J connectivity index is 2.27. The summed E-state index contributed by atoms with van der Waals surface area (Å²) in [5.74, 6) is 2.79. The van der Waals surface area contributed by atoms with E-state index in [-0.39, 0.29) is 18.5 Å². The topological polar surface area (TPSA) is 52.3 Å². The minimum atomic E-state index is -0.140. The molecule has 1 saturated carbocycles. The van der Waals surface area contributed by atoms with Crippen molar-refractivity contribution in [1.29, 1.82) is 0 Å². The summed E-state index contributed by atoms with van der Waals surface area (Å²) in [5, 5.41) is 0. The highest BCUT2D eigenvalue weighted by Crippen LogP contribution is 2.28. The first-order valence-electron chi connectivity index (χ1n) is 5.08. The van der Waals surface area contributed by atoms with Crippen LogP contribution in [0.2, 0.25) is 0 Å². The number of carbonyl (C=O) groups is 1. The van der Waals surface area contributed by atoms with Crippen molar-refractivity contribution in [2.75, 3.05) is 13.2 Å². The Bertz CT molecular complexity index is 224. The number of carbonyl (C=O) groups excluding carboxylic acids is 1. The first kappa shape index (κ1) is 11.1. The van der Waals surface area contributed by atoms with Crippen LogP contribution in [0.25, 0.3) is 0 Å². The second-order valence-corrected chi connectivity index (χ2v) is 3.77. The Kier molecular flexibility index (Phi) is 4.48. The normalized spacial score (nSPS) is 26.6. The fourth-order valence-corrected chi connectivity index (χ4v) is 1.86. The zero-order chi connectivity index (χ0) is 10.4. The van der Waals surface area contributed by atoms with Gasteiger partial charge in [-0.15, -0.1) is 6.42 Å². The van der Waals surface area contributed by atoms with Gasteiger partial charge in [-0.25, -0.2) is 0 Å². The third-order valence-electron chi connectivity index (χ3n) is 2.81. The van der Waals surface area contributed by atoms with Crippen LogP contribution in [0.5, 0.6) is 0 Å². The van der Waals surface area contributed by atoms with Crippen molar-refractivity contribution < 1.29 is 9.53 Å². The lowest BCUT2D eigenvalue weighted by molar-refractivity contribution is -0.148. The van der Waals surface area contributed by atoms with Crippen LogP contribution in [0.1, 0.15) is 25.7 Å². The van der Waals surface area contributed by atoms with Gasteiger partial charge >= 0.3 is 5.97 Å². The third-order valence-corrected chi connectivity index (χ3v) is 2.81. The van der Waals surface area contributed by atoms with Gasteiger partial charge < -0.3 is 10.5 Å². The molecule has 1 aliphatic rings. The molecule has 0 aromatic heterocycles. The van der Waals surface area contributed by atoms with Crippen LogP contribution in [0, 0.1) is 24.2 Å². The zero-order valence-electron chi connectivity index (χ0n) is 8.37. The van der Waals surface area contributed by atoms with Gasteiger partial charge in [0.15, 0.2) is 6.61 Å². The van der Waals surface area contributed by atoms with E-state index in [0.717, 1.165) is 32.2 Å². The number of rotatable bonds is 3. The summed E-state index contributed by atoms with van der Waals surface area (Å²) < 4.78 is 4.89. The van der Waals surface area contributed by atoms with Crippen molar-refractivity contribution in [2.45, 2.75) is 25.7 Å². The fourth-order valence-electron chi connectivity index (χ4n) is 1.86. The van der Waals surface area contributed by atoms with Crippen molar-refractivity contribution in [3.05, 3.63) is 0 Å². The molecule has 0 aromatic rings. The first-order chi connectivity index (χ1) is 6.77. The minimum absolute atomic E-state index is 0.0474. The van der Waals surface area contributed by atoms with E-state index < -0.39 is 0 Å². The van der Waals surface area contributed by atoms with Gasteiger partial charge in [0.2, 0.25) is 0 Å². The van der Waals surface area contributed by atoms with E-state index in [4.69, 9.17) is 16.9 Å². The molecule has 78 valence electrons. The molecule has 0 aromatic carbocycles. The predicted octanol–water partition coefficient (Wildman–Crippen LogP) is 0.928. The summed E-state index contributed by atoms with van der Waals surface area (Å²) >= 11 is 0. The lowest BCUT2D eigenvalue weighted by Gasteiger charge is -2.25. The molecule has 3 nitrogen and oxygen atoms in total. The maximum atomic E-state index is 11.4. The van der Waals surface area contributed by atoms with Crippen LogP contribution in [0.15, 0.2) is 0 Å². The van der Waals surface area contributed by atoms with Crippen LogP contribution in [0.4, 0.5) is 0 Å². The van der Waals surface area contributed by atoms with Crippen molar-refractivity contribution in [3.63, 3.8) is 0 Å². The molecule has 0 radical (unpaired) electrons. The second-order valence-electron chi connectivity index (χ2n) is 3.77. The van der Waals surface area contributed by atoms with Gasteiger partial charge in [-0.05, 0) is 38.1 Å². The van der Waals surface area contributed by atoms with Crippen LogP contribution < -0.4 is 5.73 Å². The van der Waals surface area contributed by atoms with Gasteiger partial charge in [-0.3, -0.25) is 4.79 Å². The van der Waals surface area contributed by atoms with Crippen LogP contribution in [0.3, 0.4) is 0 Å². The SMILES string of the molecule is C#CCOC(=O)C1CCC(CN)CC1. The Labute approximate surface area is 85.0 Å². The second kappa shape index (κ2) is 5.66. The Morgan fingerprint density at radius 1 is 1.43 bits per heavy atom. The summed E-state index contributed by atoms with van der Waals surface area (Å²) in [5.41, 5.74) is 5.56. The van der Waals surface area contributed by atoms with E-state index >= 15 is 0 Å². The molecule has 14 heavy (non-hydrogen) atoms. The van der Waals surface area contributed by atoms with Crippen molar-refractivity contribution >= 4 is 5.97 Å². The molecule has 1 rings (SSSR count). The molecule has 0 unspecified atom stereocenters. The van der Waals surface area contributed by atoms with Gasteiger partial charge in [0, 0.05) is 0 Å². The Hall–Kier alpha value is -1.01. The van der Waals surface area contributed by atoms with Gasteiger partial charge in [-0.1, -0.05) is 5.92 Å². The minimum Gasteiger partial charge on any atom is -0.452 e. The zero-order valence-corrected chi connectivity index (χ0v) is 8.37. The lowest BCUT2D eigenvalue weighted by Crippen LogP contribution is -2.27. The van der Waals surface area contributed by atoms with Crippen LogP contribution >= 0.6 is 0 Å². The average molecular weight is 195 g/mol. The van der Waals surface area contributed by atoms with Crippen molar-refractivity contribution in [3.8, 4) is 12.3 Å². The molecule has 0 bridgehead atoms. The highest BCUT2D eigenvalue weighted by Gasteiger charge is 2.26. The summed E-state index contributed by atoms with van der Waals surface area (Å²) in [6.07, 6.45) is 8.86. The highest BCUT2D eigenvalue weighted by atomic mass is 16.5. The monoisotopic (exact) mass is 195 g/mol. The van der Waals surface area contributed by atoms with Gasteiger partial charge in [0.25, 0.3) is 0 Å². The summed E-state index contributed by atoms with van der Waals surface area (Å²) in [6.45, 7) is 0.821. The standard InChI is InChI=1S/C11H17NO2/c1-2-7-14-11(13)10-5-3-9(8-12)4-6-10/h1,9-10H,3-8,12H2. The molecular weight excluding hydrogens is 178 g/mol. The van der Waals surface area contributed by atoms with Gasteiger partial charge in [0.05, 0.1) is 5.92 Å². The summed E-state index contributed by atoms with van der Waals surface area (Å²) in [7, 11) is 0. The molecule has 0 aliphatic heterocycles. The Morgan fingerprint density at radius 3 is 2.57 bits per heavy atom. The number of nitrogens with two attached hydrogens (primary N) is 1. The maximum Gasteiger partial charge on any atom is 0.309 e. The average Bonchev–Trinajstić information content (AvgIpc) is 2.26. The van der Waals surface area contributed by atoms with E-state index in [9.17, 15) is 4.79 Å². The first-order valence-corrected chi connectivity index (χ1v) is 5.08. The smallest absolute Gasteiger partial charge is 0.309 e. The number of terminal acetylenes is 1. The third kappa shape index (κ3) is 3.04. The number of ether oxygens (including phenoxy) is 1. The quantitative estimate of drug-likeness (QED) is 0.538. The molecule has 3 heteroatoms. The lowest BCUT2D eigenvalue weighted by atomic mass is 9.82. The van der Waals surface area contributed by atoms with Crippen molar-refractivity contribution in [2.24, 2.45) is 17.6 Å². The van der Waals surface area contributed by atoms with Gasteiger partial charge in [0.1, 0.15) is 0 Å². The fraction of sp³-hybridized carbons (Fsp3) is 0.727. The largest absolute Gasteiger partial charge is 0.452 e. The molecular formula is C11H17NO2. The Morgan fingerprint density at radius 2 is 2.07 bits per heavy atom. The van der Waals surface area contributed by atoms with E-state index in [1.807, 2.05) is 0 Å². The maximum absolute atomic E-state index is 11.4. The molecule has 0 saturated heterocycles. The van der Waals surface area contributed by atoms with E-state index in [2.05, 4.69) is 5.92 Å². The molecule has 1 fully saturated rings. The van der Waals surface area contributed by atoms with E-state index in [0.29, 0.717) is 5.92 Å². The number of hydrogen-bond acceptors (Lipinski definition) is 3. The number of hydrogen-bond donors (Lipinski definition) is 1. The van der Waals surface area contributed by atoms with E-state index in [1.165, 1.54) is 0 Å². The van der Waals surface area contributed by atoms with Crippen molar-refractivity contribution in [1.82, 2.24) is 0 Å². The molecule has 1 aliphatic carbocycles. The van der Waals surface area contributed by atoms with Crippen LogP contribution in [-0.2, 0) is 9.53 Å². The number of esters is 1. The van der Waals surface area contributed by atoms with Crippen LogP contribution in [-0.4, -0.2) is 19.1 Å². The molecule has 0 amide bonds. The molecule has 0 spiro atoms. The summed E-state index contributed by atoms with van der Waals surface area (Å²) in [4.78, 5) is 11.4.